The molecule has 0 spiro atoms. The highest BCUT2D eigenvalue weighted by Crippen LogP contribution is 2.03. The van der Waals surface area contributed by atoms with Crippen LogP contribution in [-0.4, -0.2) is 7.85 Å². The van der Waals surface area contributed by atoms with Crippen molar-refractivity contribution >= 4 is 19.0 Å². The molecule has 0 saturated carbocycles. The van der Waals surface area contributed by atoms with E-state index < -0.39 is 0 Å². The topological polar surface area (TPSA) is 29.4 Å². The largest absolute Gasteiger partial charge is 0.145 e. The molecule has 0 saturated heterocycles. The molecule has 0 N–H and O–H groups in total. The first-order valence-electron chi connectivity index (χ1n) is 2.73. The number of rotatable bonds is 1. The van der Waals surface area contributed by atoms with E-state index >= 15 is 0 Å². The predicted molar refractivity (Wildman–Crippen MR) is 40.1 cm³/mol. The molecule has 0 aromatic heterocycles. The molecule has 0 bridgehead atoms. The Balaban J connectivity index is 3.15. The van der Waals surface area contributed by atoms with E-state index in [1.54, 1.807) is 12.1 Å². The van der Waals surface area contributed by atoms with Gasteiger partial charge in [0.2, 0.25) is 0 Å². The van der Waals surface area contributed by atoms with E-state index in [1.165, 1.54) is 0 Å². The molecule has 0 heterocycles. The SMILES string of the molecule is Bc1ccccc1N=O. The van der Waals surface area contributed by atoms with Gasteiger partial charge in [-0.15, -0.1) is 4.91 Å². The average molecular weight is 119 g/mol. The van der Waals surface area contributed by atoms with Gasteiger partial charge in [0, 0.05) is 0 Å². The molecule has 0 fully saturated rings. The van der Waals surface area contributed by atoms with Crippen LogP contribution in [0.4, 0.5) is 5.69 Å². The van der Waals surface area contributed by atoms with Crippen LogP contribution in [0.2, 0.25) is 0 Å². The number of benzene rings is 1. The fraction of sp³-hybridized carbons (Fsp3) is 0. The summed E-state index contributed by atoms with van der Waals surface area (Å²) in [6.07, 6.45) is 0. The molecule has 0 amide bonds. The minimum atomic E-state index is 0.525. The van der Waals surface area contributed by atoms with E-state index in [2.05, 4.69) is 5.18 Å². The zero-order valence-corrected chi connectivity index (χ0v) is 5.16. The van der Waals surface area contributed by atoms with Gasteiger partial charge in [0.05, 0.1) is 0 Å². The lowest BCUT2D eigenvalue weighted by atomic mass is 9.95. The number of hydrogen-bond donors (Lipinski definition) is 0. The molecule has 0 unspecified atom stereocenters. The summed E-state index contributed by atoms with van der Waals surface area (Å²) in [5, 5.41) is 2.82. The van der Waals surface area contributed by atoms with Crippen molar-refractivity contribution in [2.24, 2.45) is 5.18 Å². The Morgan fingerprint density at radius 3 is 2.44 bits per heavy atom. The Labute approximate surface area is 54.3 Å². The number of nitrogens with zero attached hydrogens (tertiary/aromatic N) is 1. The third-order valence-electron chi connectivity index (χ3n) is 1.21. The summed E-state index contributed by atoms with van der Waals surface area (Å²) in [6.45, 7) is 0. The Bertz CT molecular complexity index is 224. The molecular weight excluding hydrogens is 113 g/mol. The Morgan fingerprint density at radius 1 is 1.33 bits per heavy atom. The Hall–Kier alpha value is -1.12. The first-order chi connectivity index (χ1) is 4.34. The van der Waals surface area contributed by atoms with Crippen LogP contribution in [0.3, 0.4) is 0 Å². The zero-order chi connectivity index (χ0) is 6.69. The monoisotopic (exact) mass is 119 g/mol. The summed E-state index contributed by atoms with van der Waals surface area (Å²) < 4.78 is 0. The van der Waals surface area contributed by atoms with Crippen LogP contribution in [0, 0.1) is 4.91 Å². The minimum absolute atomic E-state index is 0.525. The maximum Gasteiger partial charge on any atom is 0.142 e. The molecule has 1 rings (SSSR count). The molecule has 9 heavy (non-hydrogen) atoms. The summed E-state index contributed by atoms with van der Waals surface area (Å²) in [6, 6.07) is 7.23. The molecular formula is C6H6BNO. The third-order valence-corrected chi connectivity index (χ3v) is 1.21. The summed E-state index contributed by atoms with van der Waals surface area (Å²) in [7, 11) is 1.86. The van der Waals surface area contributed by atoms with Crippen LogP contribution in [0.15, 0.2) is 29.4 Å². The van der Waals surface area contributed by atoms with E-state index in [0.717, 1.165) is 5.46 Å². The van der Waals surface area contributed by atoms with Crippen LogP contribution in [-0.2, 0) is 0 Å². The summed E-state index contributed by atoms with van der Waals surface area (Å²) >= 11 is 0. The van der Waals surface area contributed by atoms with Gasteiger partial charge in [-0.3, -0.25) is 0 Å². The second-order valence-corrected chi connectivity index (χ2v) is 1.88. The predicted octanol–water partition coefficient (Wildman–Crippen LogP) is 0.343. The summed E-state index contributed by atoms with van der Waals surface area (Å²) in [5.41, 5.74) is 1.45. The summed E-state index contributed by atoms with van der Waals surface area (Å²) in [4.78, 5) is 9.98. The van der Waals surface area contributed by atoms with Crippen molar-refractivity contribution in [2.75, 3.05) is 0 Å². The molecule has 0 radical (unpaired) electrons. The smallest absolute Gasteiger partial charge is 0.142 e. The van der Waals surface area contributed by atoms with Crippen molar-refractivity contribution in [3.05, 3.63) is 29.2 Å². The van der Waals surface area contributed by atoms with Crippen molar-refractivity contribution in [3.8, 4) is 0 Å². The highest BCUT2D eigenvalue weighted by Gasteiger charge is 1.91. The molecule has 3 heteroatoms. The normalized spacial score (nSPS) is 8.89. The maximum absolute atomic E-state index is 9.98. The molecule has 44 valence electrons. The first kappa shape index (κ1) is 6.01. The van der Waals surface area contributed by atoms with E-state index in [4.69, 9.17) is 0 Å². The van der Waals surface area contributed by atoms with Gasteiger partial charge >= 0.3 is 0 Å². The molecule has 0 atom stereocenters. The molecule has 0 aliphatic heterocycles. The minimum Gasteiger partial charge on any atom is -0.145 e. The van der Waals surface area contributed by atoms with E-state index in [9.17, 15) is 4.91 Å². The van der Waals surface area contributed by atoms with Gasteiger partial charge in [0.25, 0.3) is 0 Å². The number of hydrogen-bond acceptors (Lipinski definition) is 2. The lowest BCUT2D eigenvalue weighted by Crippen LogP contribution is -1.99. The van der Waals surface area contributed by atoms with Gasteiger partial charge < -0.3 is 0 Å². The van der Waals surface area contributed by atoms with Crippen molar-refractivity contribution in [1.29, 1.82) is 0 Å². The summed E-state index contributed by atoms with van der Waals surface area (Å²) in [5.74, 6) is 0. The van der Waals surface area contributed by atoms with Crippen LogP contribution < -0.4 is 5.46 Å². The lowest BCUT2D eigenvalue weighted by molar-refractivity contribution is 1.53. The Kier molecular flexibility index (Phi) is 1.63. The standard InChI is InChI=1S/C6H6BNO/c7-5-3-1-2-4-6(5)8-9/h1-4H,7H2. The average Bonchev–Trinajstić information content (AvgIpc) is 1.89. The van der Waals surface area contributed by atoms with E-state index in [0.29, 0.717) is 5.69 Å². The van der Waals surface area contributed by atoms with Gasteiger partial charge in [-0.05, 0) is 11.2 Å². The molecule has 1 aromatic rings. The quantitative estimate of drug-likeness (QED) is 0.387. The van der Waals surface area contributed by atoms with Crippen molar-refractivity contribution in [3.63, 3.8) is 0 Å². The molecule has 1 aromatic carbocycles. The lowest BCUT2D eigenvalue weighted by Gasteiger charge is -1.91. The van der Waals surface area contributed by atoms with Crippen LogP contribution in [0.5, 0.6) is 0 Å². The van der Waals surface area contributed by atoms with Crippen molar-refractivity contribution in [2.45, 2.75) is 0 Å². The van der Waals surface area contributed by atoms with Crippen LogP contribution in [0.1, 0.15) is 0 Å². The van der Waals surface area contributed by atoms with Gasteiger partial charge in [0.1, 0.15) is 13.5 Å². The second-order valence-electron chi connectivity index (χ2n) is 1.88. The Morgan fingerprint density at radius 2 is 2.00 bits per heavy atom. The molecule has 2 nitrogen and oxygen atoms in total. The molecule has 0 aliphatic carbocycles. The maximum atomic E-state index is 9.98. The van der Waals surface area contributed by atoms with Gasteiger partial charge in [0.15, 0.2) is 0 Å². The van der Waals surface area contributed by atoms with Gasteiger partial charge in [-0.25, -0.2) is 0 Å². The fourth-order valence-corrected chi connectivity index (χ4v) is 0.666. The van der Waals surface area contributed by atoms with Crippen LogP contribution >= 0.6 is 0 Å². The van der Waals surface area contributed by atoms with E-state index in [-0.39, 0.29) is 0 Å². The van der Waals surface area contributed by atoms with Crippen LogP contribution in [0.25, 0.3) is 0 Å². The zero-order valence-electron chi connectivity index (χ0n) is 5.16. The van der Waals surface area contributed by atoms with E-state index in [1.807, 2.05) is 20.0 Å². The fourth-order valence-electron chi connectivity index (χ4n) is 0.666. The van der Waals surface area contributed by atoms with Crippen molar-refractivity contribution in [1.82, 2.24) is 0 Å². The second kappa shape index (κ2) is 2.44. The highest BCUT2D eigenvalue weighted by atomic mass is 16.3. The van der Waals surface area contributed by atoms with Gasteiger partial charge in [-0.1, -0.05) is 23.7 Å². The number of nitroso groups, excluding NO2 is 1. The third kappa shape index (κ3) is 1.16. The highest BCUT2D eigenvalue weighted by molar-refractivity contribution is 6.35. The van der Waals surface area contributed by atoms with Gasteiger partial charge in [-0.2, -0.15) is 0 Å². The first-order valence-corrected chi connectivity index (χ1v) is 2.73. The molecule has 0 aliphatic rings. The van der Waals surface area contributed by atoms with Crippen molar-refractivity contribution < 1.29 is 0 Å².